The number of amides is 2. The molecule has 0 spiro atoms. The van der Waals surface area contributed by atoms with Crippen LogP contribution in [0, 0.1) is 0 Å². The number of thiophene rings is 1. The smallest absolute Gasteiger partial charge is 0.265 e. The van der Waals surface area contributed by atoms with E-state index in [0.29, 0.717) is 16.3 Å². The minimum Gasteiger partial charge on any atom is -0.322 e. The maximum absolute atomic E-state index is 11.9. The predicted octanol–water partition coefficient (Wildman–Crippen LogP) is 3.12. The predicted molar refractivity (Wildman–Crippen MR) is 77.5 cm³/mol. The SMILES string of the molecule is C=CC(=O)Nc1cccc(NC(=O)c2cccs2)c1. The molecule has 2 N–H and O–H groups in total. The molecule has 5 heteroatoms. The largest absolute Gasteiger partial charge is 0.322 e. The summed E-state index contributed by atoms with van der Waals surface area (Å²) in [5.41, 5.74) is 1.23. The molecule has 0 aliphatic heterocycles. The van der Waals surface area contributed by atoms with Crippen molar-refractivity contribution in [1.82, 2.24) is 0 Å². The molecule has 0 radical (unpaired) electrons. The van der Waals surface area contributed by atoms with Crippen LogP contribution in [0.5, 0.6) is 0 Å². The lowest BCUT2D eigenvalue weighted by Gasteiger charge is -2.06. The van der Waals surface area contributed by atoms with E-state index in [1.807, 2.05) is 11.4 Å². The number of benzene rings is 1. The normalized spacial score (nSPS) is 9.68. The van der Waals surface area contributed by atoms with Crippen LogP contribution in [0.25, 0.3) is 0 Å². The molecule has 1 aromatic heterocycles. The lowest BCUT2D eigenvalue weighted by atomic mass is 10.2. The highest BCUT2D eigenvalue weighted by molar-refractivity contribution is 7.12. The highest BCUT2D eigenvalue weighted by Crippen LogP contribution is 2.17. The van der Waals surface area contributed by atoms with Crippen LogP contribution in [0.4, 0.5) is 11.4 Å². The van der Waals surface area contributed by atoms with Gasteiger partial charge in [-0.15, -0.1) is 11.3 Å². The van der Waals surface area contributed by atoms with Crippen LogP contribution < -0.4 is 10.6 Å². The summed E-state index contributed by atoms with van der Waals surface area (Å²) in [6.07, 6.45) is 1.19. The summed E-state index contributed by atoms with van der Waals surface area (Å²) in [4.78, 5) is 23.7. The van der Waals surface area contributed by atoms with Gasteiger partial charge in [-0.3, -0.25) is 9.59 Å². The summed E-state index contributed by atoms with van der Waals surface area (Å²) >= 11 is 1.37. The third-order valence-corrected chi connectivity index (χ3v) is 3.19. The molecular formula is C14H12N2O2S. The molecule has 0 unspecified atom stereocenters. The second-order valence-corrected chi connectivity index (χ2v) is 4.65. The van der Waals surface area contributed by atoms with Gasteiger partial charge in [-0.25, -0.2) is 0 Å². The van der Waals surface area contributed by atoms with E-state index in [0.717, 1.165) is 0 Å². The van der Waals surface area contributed by atoms with Gasteiger partial charge in [0.25, 0.3) is 5.91 Å². The lowest BCUT2D eigenvalue weighted by molar-refractivity contribution is -0.111. The van der Waals surface area contributed by atoms with E-state index in [1.54, 1.807) is 30.3 Å². The molecular weight excluding hydrogens is 260 g/mol. The molecule has 0 saturated heterocycles. The Morgan fingerprint density at radius 3 is 2.47 bits per heavy atom. The number of nitrogens with one attached hydrogen (secondary N) is 2. The minimum absolute atomic E-state index is 0.165. The zero-order valence-corrected chi connectivity index (χ0v) is 10.9. The Kier molecular flexibility index (Phi) is 4.10. The van der Waals surface area contributed by atoms with Gasteiger partial charge in [-0.2, -0.15) is 0 Å². The van der Waals surface area contributed by atoms with Crippen LogP contribution in [-0.4, -0.2) is 11.8 Å². The third kappa shape index (κ3) is 3.53. The van der Waals surface area contributed by atoms with Gasteiger partial charge < -0.3 is 10.6 Å². The summed E-state index contributed by atoms with van der Waals surface area (Å²) in [6, 6.07) is 10.5. The highest BCUT2D eigenvalue weighted by atomic mass is 32.1. The van der Waals surface area contributed by atoms with Crippen LogP contribution in [0.3, 0.4) is 0 Å². The van der Waals surface area contributed by atoms with Crippen molar-refractivity contribution in [1.29, 1.82) is 0 Å². The quantitative estimate of drug-likeness (QED) is 0.840. The molecule has 0 atom stereocenters. The Morgan fingerprint density at radius 2 is 1.84 bits per heavy atom. The van der Waals surface area contributed by atoms with Crippen molar-refractivity contribution in [3.63, 3.8) is 0 Å². The van der Waals surface area contributed by atoms with Crippen LogP contribution in [0.15, 0.2) is 54.4 Å². The Bertz CT molecular complexity index is 606. The molecule has 0 bridgehead atoms. The Hall–Kier alpha value is -2.40. The van der Waals surface area contributed by atoms with Crippen molar-refractivity contribution in [3.05, 3.63) is 59.3 Å². The van der Waals surface area contributed by atoms with Gasteiger partial charge >= 0.3 is 0 Å². The van der Waals surface area contributed by atoms with E-state index in [-0.39, 0.29) is 11.8 Å². The van der Waals surface area contributed by atoms with Crippen molar-refractivity contribution >= 4 is 34.5 Å². The fourth-order valence-corrected chi connectivity index (χ4v) is 2.09. The molecule has 19 heavy (non-hydrogen) atoms. The van der Waals surface area contributed by atoms with Gasteiger partial charge in [-0.1, -0.05) is 18.7 Å². The van der Waals surface area contributed by atoms with Gasteiger partial charge in [0.15, 0.2) is 0 Å². The van der Waals surface area contributed by atoms with Gasteiger partial charge in [0.2, 0.25) is 5.91 Å². The lowest BCUT2D eigenvalue weighted by Crippen LogP contribution is -2.11. The van der Waals surface area contributed by atoms with Crippen LogP contribution in [0.2, 0.25) is 0 Å². The molecule has 96 valence electrons. The Morgan fingerprint density at radius 1 is 1.11 bits per heavy atom. The van der Waals surface area contributed by atoms with Gasteiger partial charge in [0.1, 0.15) is 0 Å². The molecule has 1 aromatic carbocycles. The molecule has 4 nitrogen and oxygen atoms in total. The monoisotopic (exact) mass is 272 g/mol. The maximum Gasteiger partial charge on any atom is 0.265 e. The second-order valence-electron chi connectivity index (χ2n) is 3.71. The number of rotatable bonds is 4. The zero-order chi connectivity index (χ0) is 13.7. The highest BCUT2D eigenvalue weighted by Gasteiger charge is 2.07. The first-order valence-corrected chi connectivity index (χ1v) is 6.45. The summed E-state index contributed by atoms with van der Waals surface area (Å²) in [6.45, 7) is 3.38. The summed E-state index contributed by atoms with van der Waals surface area (Å²) < 4.78 is 0. The average molecular weight is 272 g/mol. The van der Waals surface area contributed by atoms with Crippen molar-refractivity contribution in [3.8, 4) is 0 Å². The van der Waals surface area contributed by atoms with Crippen LogP contribution in [-0.2, 0) is 4.79 Å². The van der Waals surface area contributed by atoms with E-state index < -0.39 is 0 Å². The maximum atomic E-state index is 11.9. The summed E-state index contributed by atoms with van der Waals surface area (Å²) in [5, 5.41) is 7.25. The third-order valence-electron chi connectivity index (χ3n) is 2.32. The average Bonchev–Trinajstić information content (AvgIpc) is 2.93. The van der Waals surface area contributed by atoms with Crippen LogP contribution in [0.1, 0.15) is 9.67 Å². The van der Waals surface area contributed by atoms with E-state index in [4.69, 9.17) is 0 Å². The number of anilines is 2. The van der Waals surface area contributed by atoms with Gasteiger partial charge in [0.05, 0.1) is 4.88 Å². The molecule has 0 aliphatic rings. The van der Waals surface area contributed by atoms with E-state index in [1.165, 1.54) is 17.4 Å². The molecule has 0 aliphatic carbocycles. The van der Waals surface area contributed by atoms with E-state index in [9.17, 15) is 9.59 Å². The van der Waals surface area contributed by atoms with Crippen molar-refractivity contribution in [2.75, 3.05) is 10.6 Å². The van der Waals surface area contributed by atoms with E-state index >= 15 is 0 Å². The molecule has 2 rings (SSSR count). The standard InChI is InChI=1S/C14H12N2O2S/c1-2-13(17)15-10-5-3-6-11(9-10)16-14(18)12-7-4-8-19-12/h2-9H,1H2,(H,15,17)(H,16,18). The molecule has 0 fully saturated rings. The first kappa shape index (κ1) is 13.0. The summed E-state index contributed by atoms with van der Waals surface area (Å²) in [7, 11) is 0. The first-order valence-electron chi connectivity index (χ1n) is 5.57. The fourth-order valence-electron chi connectivity index (χ4n) is 1.47. The fraction of sp³-hybridized carbons (Fsp3) is 0. The number of hydrogen-bond acceptors (Lipinski definition) is 3. The number of hydrogen-bond donors (Lipinski definition) is 2. The Labute approximate surface area is 114 Å². The zero-order valence-electron chi connectivity index (χ0n) is 10.1. The first-order chi connectivity index (χ1) is 9.19. The van der Waals surface area contributed by atoms with Crippen molar-refractivity contribution in [2.45, 2.75) is 0 Å². The van der Waals surface area contributed by atoms with Crippen LogP contribution >= 0.6 is 11.3 Å². The summed E-state index contributed by atoms with van der Waals surface area (Å²) in [5.74, 6) is -0.455. The minimum atomic E-state index is -0.290. The number of carbonyl (C=O) groups excluding carboxylic acids is 2. The molecule has 0 saturated carbocycles. The molecule has 2 amide bonds. The van der Waals surface area contributed by atoms with Gasteiger partial charge in [0, 0.05) is 11.4 Å². The van der Waals surface area contributed by atoms with Gasteiger partial charge in [-0.05, 0) is 35.7 Å². The van der Waals surface area contributed by atoms with Crippen molar-refractivity contribution < 1.29 is 9.59 Å². The topological polar surface area (TPSA) is 58.2 Å². The molecule has 1 heterocycles. The van der Waals surface area contributed by atoms with E-state index in [2.05, 4.69) is 17.2 Å². The van der Waals surface area contributed by atoms with Crippen molar-refractivity contribution in [2.24, 2.45) is 0 Å². The number of carbonyl (C=O) groups is 2. The Balaban J connectivity index is 2.09. The second kappa shape index (κ2) is 5.97. The molecule has 2 aromatic rings.